The van der Waals surface area contributed by atoms with Gasteiger partial charge in [0.1, 0.15) is 42.7 Å². The van der Waals surface area contributed by atoms with Crippen LogP contribution in [0.3, 0.4) is 0 Å². The molecule has 6 atom stereocenters. The van der Waals surface area contributed by atoms with Crippen molar-refractivity contribution < 1.29 is 58.3 Å². The van der Waals surface area contributed by atoms with Crippen molar-refractivity contribution in [3.63, 3.8) is 0 Å². The molecule has 1 rings (SSSR count). The Kier molecular flexibility index (Phi) is 33.2. The van der Waals surface area contributed by atoms with E-state index in [0.29, 0.717) is 13.0 Å². The van der Waals surface area contributed by atoms with E-state index >= 15 is 0 Å². The van der Waals surface area contributed by atoms with E-state index in [1.807, 2.05) is 0 Å². The van der Waals surface area contributed by atoms with Gasteiger partial charge in [0.05, 0.1) is 13.2 Å². The van der Waals surface area contributed by atoms with Crippen LogP contribution in [0.4, 0.5) is 0 Å². The highest BCUT2D eigenvalue weighted by molar-refractivity contribution is 7.47. The van der Waals surface area contributed by atoms with E-state index < -0.39 is 63.1 Å². The summed E-state index contributed by atoms with van der Waals surface area (Å²) < 4.78 is 34.0. The van der Waals surface area contributed by atoms with E-state index in [4.69, 9.17) is 18.5 Å². The molecule has 1 saturated carbocycles. The molecule has 1 aliphatic carbocycles. The number of phosphoric ester groups is 1. The lowest BCUT2D eigenvalue weighted by Crippen LogP contribution is -2.64. The lowest BCUT2D eigenvalue weighted by atomic mass is 9.85. The maximum atomic E-state index is 12.8. The summed E-state index contributed by atoms with van der Waals surface area (Å²) in [6, 6.07) is 0. The summed E-state index contributed by atoms with van der Waals surface area (Å²) in [6.45, 7) is 4.17. The molecule has 1 fully saturated rings. The second-order valence-electron chi connectivity index (χ2n) is 15.6. The largest absolute Gasteiger partial charge is 0.472 e. The van der Waals surface area contributed by atoms with Gasteiger partial charge >= 0.3 is 13.8 Å². The third kappa shape index (κ3) is 27.9. The van der Waals surface area contributed by atoms with Gasteiger partial charge in [-0.2, -0.15) is 0 Å². The topological polar surface area (TPSA) is 192 Å². The van der Waals surface area contributed by atoms with E-state index in [-0.39, 0.29) is 13.0 Å². The minimum Gasteiger partial charge on any atom is -0.457 e. The highest BCUT2D eigenvalue weighted by Gasteiger charge is 2.51. The van der Waals surface area contributed by atoms with Crippen LogP contribution >= 0.6 is 7.82 Å². The number of hydrogen-bond donors (Lipinski definition) is 6. The van der Waals surface area contributed by atoms with Gasteiger partial charge in [0, 0.05) is 13.0 Å². The van der Waals surface area contributed by atoms with Crippen LogP contribution in [0.1, 0.15) is 174 Å². The van der Waals surface area contributed by atoms with Gasteiger partial charge in [-0.15, -0.1) is 0 Å². The van der Waals surface area contributed by atoms with Crippen molar-refractivity contribution in [2.75, 3.05) is 19.8 Å². The third-order valence-electron chi connectivity index (χ3n) is 10.3. The van der Waals surface area contributed by atoms with Gasteiger partial charge in [-0.3, -0.25) is 13.8 Å². The lowest BCUT2D eigenvalue weighted by Gasteiger charge is -2.41. The molecule has 1 aliphatic rings. The van der Waals surface area contributed by atoms with E-state index in [1.54, 1.807) is 0 Å². The number of carbonyl (C=O) groups is 1. The van der Waals surface area contributed by atoms with Crippen molar-refractivity contribution in [3.8, 4) is 0 Å². The first-order chi connectivity index (χ1) is 27.5. The predicted octanol–water partition coefficient (Wildman–Crippen LogP) is 8.70. The zero-order chi connectivity index (χ0) is 42.0. The van der Waals surface area contributed by atoms with Gasteiger partial charge in [0.15, 0.2) is 0 Å². The first kappa shape index (κ1) is 53.6. The molecule has 0 bridgehead atoms. The summed E-state index contributed by atoms with van der Waals surface area (Å²) in [6.07, 6.45) is 28.1. The Morgan fingerprint density at radius 2 is 0.982 bits per heavy atom. The molecule has 0 amide bonds. The fourth-order valence-corrected chi connectivity index (χ4v) is 7.63. The highest BCUT2D eigenvalue weighted by Crippen LogP contribution is 2.47. The van der Waals surface area contributed by atoms with E-state index in [2.05, 4.69) is 50.3 Å². The number of aliphatic hydroxyl groups is 5. The zero-order valence-electron chi connectivity index (χ0n) is 35.4. The number of unbranched alkanes of at least 4 members (excludes halogenated alkanes) is 19. The smallest absolute Gasteiger partial charge is 0.457 e. The maximum Gasteiger partial charge on any atom is 0.472 e. The van der Waals surface area contributed by atoms with Crippen molar-refractivity contribution in [1.82, 2.24) is 0 Å². The second-order valence-corrected chi connectivity index (χ2v) is 17.0. The standard InChI is InChI=1S/C44H81O12P/c1-3-5-7-9-11-13-14-15-16-17-18-19-20-21-22-23-24-25-26-28-30-32-34-53-35-37(55-38(45)33-31-29-27-12-10-8-6-4-2)36-54-57(51,52)56-44-42(49)40(47)39(46)41(48)43(44)50/h14-15,17-18,20-21,37,39-44,46-50H,3-13,16,19,22-36H2,1-2H3,(H,51,52)/b15-14-,18-17-,21-20-. The van der Waals surface area contributed by atoms with Crippen molar-refractivity contribution in [3.05, 3.63) is 36.5 Å². The number of esters is 1. The van der Waals surface area contributed by atoms with Crippen LogP contribution in [0.25, 0.3) is 0 Å². The normalized spacial score (nSPS) is 23.2. The quantitative estimate of drug-likeness (QED) is 0.0151. The van der Waals surface area contributed by atoms with Crippen LogP contribution in [0.5, 0.6) is 0 Å². The molecule has 0 heterocycles. The maximum absolute atomic E-state index is 12.8. The molecule has 0 aromatic rings. The van der Waals surface area contributed by atoms with Crippen LogP contribution in [0, 0.1) is 0 Å². The molecule has 0 radical (unpaired) electrons. The third-order valence-corrected chi connectivity index (χ3v) is 11.3. The van der Waals surface area contributed by atoms with Gasteiger partial charge in [0.25, 0.3) is 0 Å². The second kappa shape index (κ2) is 35.3. The SMILES string of the molecule is CCCCCCC/C=C\C/C=C\C/C=C\CCCCCCCCCOCC(COP(=O)(O)OC1C(O)C(O)C(O)C(O)C1O)OC(=O)CCCCCCCCCC. The molecule has 0 saturated heterocycles. The molecule has 334 valence electrons. The Hall–Kier alpha value is -1.44. The number of allylic oxidation sites excluding steroid dienone is 6. The molecule has 6 N–H and O–H groups in total. The fourth-order valence-electron chi connectivity index (χ4n) is 6.66. The van der Waals surface area contributed by atoms with Crippen molar-refractivity contribution in [2.45, 2.75) is 217 Å². The summed E-state index contributed by atoms with van der Waals surface area (Å²) >= 11 is 0. The summed E-state index contributed by atoms with van der Waals surface area (Å²) in [5.74, 6) is -0.487. The number of rotatable bonds is 37. The van der Waals surface area contributed by atoms with Crippen LogP contribution in [0.2, 0.25) is 0 Å². The van der Waals surface area contributed by atoms with Gasteiger partial charge in [-0.1, -0.05) is 153 Å². The van der Waals surface area contributed by atoms with Gasteiger partial charge in [-0.05, 0) is 51.4 Å². The zero-order valence-corrected chi connectivity index (χ0v) is 36.3. The monoisotopic (exact) mass is 833 g/mol. The van der Waals surface area contributed by atoms with Crippen LogP contribution in [-0.2, 0) is 27.9 Å². The van der Waals surface area contributed by atoms with E-state index in [1.165, 1.54) is 83.5 Å². The summed E-state index contributed by atoms with van der Waals surface area (Å²) in [7, 11) is -5.01. The molecule has 0 aromatic carbocycles. The first-order valence-electron chi connectivity index (χ1n) is 22.3. The number of carbonyl (C=O) groups excluding carboxylic acids is 1. The van der Waals surface area contributed by atoms with Crippen LogP contribution in [0.15, 0.2) is 36.5 Å². The Balaban J connectivity index is 2.33. The van der Waals surface area contributed by atoms with Crippen LogP contribution in [-0.4, -0.2) is 98.9 Å². The molecule has 12 nitrogen and oxygen atoms in total. The van der Waals surface area contributed by atoms with E-state index in [9.17, 15) is 39.8 Å². The molecule has 57 heavy (non-hydrogen) atoms. The fraction of sp³-hybridized carbons (Fsp3) is 0.841. The summed E-state index contributed by atoms with van der Waals surface area (Å²) in [5, 5.41) is 50.0. The number of ether oxygens (including phenoxy) is 2. The molecular formula is C44H81O12P. The Labute approximate surface area is 344 Å². The number of aliphatic hydroxyl groups excluding tert-OH is 5. The van der Waals surface area contributed by atoms with Gasteiger partial charge < -0.3 is 39.9 Å². The van der Waals surface area contributed by atoms with Crippen molar-refractivity contribution in [1.29, 1.82) is 0 Å². The molecule has 6 unspecified atom stereocenters. The predicted molar refractivity (Wildman–Crippen MR) is 226 cm³/mol. The molecule has 0 aliphatic heterocycles. The van der Waals surface area contributed by atoms with Gasteiger partial charge in [-0.25, -0.2) is 4.57 Å². The van der Waals surface area contributed by atoms with Crippen LogP contribution < -0.4 is 0 Å². The molecular weight excluding hydrogens is 751 g/mol. The van der Waals surface area contributed by atoms with Crippen molar-refractivity contribution in [2.24, 2.45) is 0 Å². The Morgan fingerprint density at radius 1 is 0.561 bits per heavy atom. The minimum absolute atomic E-state index is 0.0823. The molecule has 13 heteroatoms. The average molecular weight is 833 g/mol. The minimum atomic E-state index is -5.01. The molecule has 0 aromatic heterocycles. The lowest BCUT2D eigenvalue weighted by molar-refractivity contribution is -0.220. The Bertz CT molecular complexity index is 1090. The number of hydrogen-bond acceptors (Lipinski definition) is 11. The van der Waals surface area contributed by atoms with E-state index in [0.717, 1.165) is 64.2 Å². The number of phosphoric acid groups is 1. The van der Waals surface area contributed by atoms with Crippen molar-refractivity contribution >= 4 is 13.8 Å². The first-order valence-corrected chi connectivity index (χ1v) is 23.8. The summed E-state index contributed by atoms with van der Waals surface area (Å²) in [4.78, 5) is 23.0. The highest BCUT2D eigenvalue weighted by atomic mass is 31.2. The Morgan fingerprint density at radius 3 is 1.49 bits per heavy atom. The molecule has 0 spiro atoms. The average Bonchev–Trinajstić information content (AvgIpc) is 3.19. The summed E-state index contributed by atoms with van der Waals surface area (Å²) in [5.41, 5.74) is 0. The van der Waals surface area contributed by atoms with Gasteiger partial charge in [0.2, 0.25) is 0 Å².